The van der Waals surface area contributed by atoms with Crippen LogP contribution >= 0.6 is 11.6 Å². The van der Waals surface area contributed by atoms with Crippen LogP contribution in [0.15, 0.2) is 48.8 Å². The number of nitrogens with zero attached hydrogens (tertiary/aromatic N) is 4. The molecule has 37 heavy (non-hydrogen) atoms. The van der Waals surface area contributed by atoms with E-state index in [0.29, 0.717) is 42.0 Å². The molecule has 2 aliphatic heterocycles. The summed E-state index contributed by atoms with van der Waals surface area (Å²) in [5.41, 5.74) is 3.16. The molecule has 1 saturated heterocycles. The molecule has 2 aromatic heterocycles. The maximum atomic E-state index is 13.2. The van der Waals surface area contributed by atoms with E-state index in [9.17, 15) is 9.59 Å². The van der Waals surface area contributed by atoms with Crippen LogP contribution in [-0.4, -0.2) is 57.5 Å². The molecule has 190 valence electrons. The molecule has 9 nitrogen and oxygen atoms in total. The third-order valence-electron chi connectivity index (χ3n) is 7.18. The Balaban J connectivity index is 1.15. The smallest absolute Gasteiger partial charge is 0.254 e. The predicted molar refractivity (Wildman–Crippen MR) is 138 cm³/mol. The summed E-state index contributed by atoms with van der Waals surface area (Å²) in [6.07, 6.45) is 6.78. The summed E-state index contributed by atoms with van der Waals surface area (Å²) in [6.45, 7) is 1.80. The van der Waals surface area contributed by atoms with Crippen molar-refractivity contribution in [2.45, 2.75) is 43.8 Å². The van der Waals surface area contributed by atoms with Crippen LogP contribution in [0, 0.1) is 0 Å². The highest BCUT2D eigenvalue weighted by atomic mass is 35.5. The van der Waals surface area contributed by atoms with E-state index in [4.69, 9.17) is 16.3 Å². The van der Waals surface area contributed by atoms with E-state index in [1.807, 2.05) is 30.3 Å². The molecule has 10 heteroatoms. The van der Waals surface area contributed by atoms with Crippen LogP contribution in [0.1, 0.15) is 47.3 Å². The number of nitrogens with one attached hydrogen (secondary N) is 2. The summed E-state index contributed by atoms with van der Waals surface area (Å²) < 4.78 is 5.42. The minimum absolute atomic E-state index is 0.00906. The Labute approximate surface area is 219 Å². The van der Waals surface area contributed by atoms with Crippen LogP contribution in [0.4, 0.5) is 5.95 Å². The van der Waals surface area contributed by atoms with Crippen molar-refractivity contribution in [3.8, 4) is 11.3 Å². The number of hydrogen-bond acceptors (Lipinski definition) is 7. The number of pyridine rings is 1. The van der Waals surface area contributed by atoms with Crippen molar-refractivity contribution in [2.75, 3.05) is 25.1 Å². The van der Waals surface area contributed by atoms with E-state index in [1.54, 1.807) is 23.4 Å². The van der Waals surface area contributed by atoms with Crippen molar-refractivity contribution in [3.63, 3.8) is 0 Å². The summed E-state index contributed by atoms with van der Waals surface area (Å²) in [6, 6.07) is 11.6. The molecule has 2 amide bonds. The average molecular weight is 519 g/mol. The molecule has 0 spiro atoms. The fourth-order valence-electron chi connectivity index (χ4n) is 5.00. The second-order valence-corrected chi connectivity index (χ2v) is 10.2. The zero-order chi connectivity index (χ0) is 25.4. The fraction of sp³-hybridized carbons (Fsp3) is 0.370. The summed E-state index contributed by atoms with van der Waals surface area (Å²) in [4.78, 5) is 41.0. The highest BCUT2D eigenvalue weighted by molar-refractivity contribution is 6.33. The first-order valence-electron chi connectivity index (χ1n) is 12.5. The number of hydrogen-bond donors (Lipinski definition) is 2. The summed E-state index contributed by atoms with van der Waals surface area (Å²) >= 11 is 6.45. The van der Waals surface area contributed by atoms with Crippen LogP contribution in [0.3, 0.4) is 0 Å². The molecule has 2 N–H and O–H groups in total. The second-order valence-electron chi connectivity index (χ2n) is 9.80. The Kier molecular flexibility index (Phi) is 6.26. The molecule has 0 radical (unpaired) electrons. The number of benzene rings is 1. The van der Waals surface area contributed by atoms with Crippen LogP contribution in [-0.2, 0) is 21.6 Å². The van der Waals surface area contributed by atoms with Gasteiger partial charge in [-0.05, 0) is 49.4 Å². The molecule has 1 aliphatic carbocycles. The lowest BCUT2D eigenvalue weighted by Crippen LogP contribution is -2.42. The lowest BCUT2D eigenvalue weighted by molar-refractivity contribution is -0.122. The molecular formula is C27H27ClN6O3. The van der Waals surface area contributed by atoms with Gasteiger partial charge in [0.15, 0.2) is 0 Å². The van der Waals surface area contributed by atoms with E-state index in [0.717, 1.165) is 42.5 Å². The molecule has 0 unspecified atom stereocenters. The van der Waals surface area contributed by atoms with Crippen molar-refractivity contribution < 1.29 is 14.3 Å². The van der Waals surface area contributed by atoms with Gasteiger partial charge in [-0.1, -0.05) is 29.8 Å². The number of rotatable bonds is 7. The minimum atomic E-state index is -0.415. The number of carbonyl (C=O) groups is 2. The number of halogens is 1. The van der Waals surface area contributed by atoms with Crippen molar-refractivity contribution in [1.82, 2.24) is 25.2 Å². The zero-order valence-electron chi connectivity index (χ0n) is 20.2. The Morgan fingerprint density at radius 1 is 1.16 bits per heavy atom. The SMILES string of the molecule is O=C(CN1Cc2ccc(-c3nc(NC4CCOCC4)ncc3Cl)cc2C1=O)NC1(c2ccccn2)CC1. The van der Waals surface area contributed by atoms with Crippen LogP contribution < -0.4 is 10.6 Å². The van der Waals surface area contributed by atoms with Gasteiger partial charge in [-0.15, -0.1) is 0 Å². The number of amides is 2. The highest BCUT2D eigenvalue weighted by Crippen LogP contribution is 2.44. The number of anilines is 1. The van der Waals surface area contributed by atoms with E-state index < -0.39 is 5.54 Å². The van der Waals surface area contributed by atoms with Crippen molar-refractivity contribution in [2.24, 2.45) is 0 Å². The average Bonchev–Trinajstić information content (AvgIpc) is 3.64. The van der Waals surface area contributed by atoms with E-state index >= 15 is 0 Å². The van der Waals surface area contributed by atoms with Crippen molar-refractivity contribution in [3.05, 3.63) is 70.6 Å². The van der Waals surface area contributed by atoms with Crippen LogP contribution in [0.2, 0.25) is 5.02 Å². The first-order chi connectivity index (χ1) is 18.0. The summed E-state index contributed by atoms with van der Waals surface area (Å²) in [5.74, 6) is 0.131. The maximum absolute atomic E-state index is 13.2. The molecule has 1 saturated carbocycles. The number of aromatic nitrogens is 3. The largest absolute Gasteiger partial charge is 0.381 e. The van der Waals surface area contributed by atoms with Crippen LogP contribution in [0.5, 0.6) is 0 Å². The number of fused-ring (bicyclic) bond motifs is 1. The first kappa shape index (κ1) is 23.8. The van der Waals surface area contributed by atoms with Gasteiger partial charge in [-0.3, -0.25) is 14.6 Å². The van der Waals surface area contributed by atoms with Gasteiger partial charge in [0.05, 0.1) is 28.1 Å². The molecule has 4 heterocycles. The summed E-state index contributed by atoms with van der Waals surface area (Å²) in [7, 11) is 0. The van der Waals surface area contributed by atoms with Gasteiger partial charge in [0.2, 0.25) is 11.9 Å². The molecule has 0 atom stereocenters. The van der Waals surface area contributed by atoms with Gasteiger partial charge >= 0.3 is 0 Å². The Morgan fingerprint density at radius 2 is 2.00 bits per heavy atom. The molecule has 2 fully saturated rings. The van der Waals surface area contributed by atoms with E-state index in [-0.39, 0.29) is 24.4 Å². The van der Waals surface area contributed by atoms with E-state index in [2.05, 4.69) is 25.6 Å². The molecular weight excluding hydrogens is 492 g/mol. The van der Waals surface area contributed by atoms with Crippen molar-refractivity contribution in [1.29, 1.82) is 0 Å². The highest BCUT2D eigenvalue weighted by Gasteiger charge is 2.47. The van der Waals surface area contributed by atoms with Crippen LogP contribution in [0.25, 0.3) is 11.3 Å². The fourth-order valence-corrected chi connectivity index (χ4v) is 5.20. The standard InChI is InChI=1S/C27H27ClN6O3/c28-21-14-30-26(31-19-6-11-37-12-7-19)32-24(21)17-4-5-18-15-34(25(36)20(18)13-17)16-23(35)33-27(8-9-27)22-3-1-2-10-29-22/h1-5,10,13-14,19H,6-9,11-12,15-16H2,(H,33,35)(H,30,31,32). The lowest BCUT2D eigenvalue weighted by atomic mass is 10.0. The molecule has 3 aromatic rings. The quantitative estimate of drug-likeness (QED) is 0.492. The monoisotopic (exact) mass is 518 g/mol. The Hall–Kier alpha value is -3.56. The Morgan fingerprint density at radius 3 is 2.76 bits per heavy atom. The molecule has 0 bridgehead atoms. The van der Waals surface area contributed by atoms with Gasteiger partial charge in [0.25, 0.3) is 5.91 Å². The second kappa shape index (κ2) is 9.72. The molecule has 6 rings (SSSR count). The number of ether oxygens (including phenoxy) is 1. The van der Waals surface area contributed by atoms with E-state index in [1.165, 1.54) is 0 Å². The molecule has 1 aromatic carbocycles. The third kappa shape index (κ3) is 4.89. The topological polar surface area (TPSA) is 109 Å². The lowest BCUT2D eigenvalue weighted by Gasteiger charge is -2.23. The summed E-state index contributed by atoms with van der Waals surface area (Å²) in [5, 5.41) is 6.86. The van der Waals surface area contributed by atoms with Gasteiger partial charge in [0.1, 0.15) is 6.54 Å². The van der Waals surface area contributed by atoms with Gasteiger partial charge in [-0.2, -0.15) is 0 Å². The van der Waals surface area contributed by atoms with Crippen molar-refractivity contribution >= 4 is 29.4 Å². The predicted octanol–water partition coefficient (Wildman–Crippen LogP) is 3.54. The molecule has 3 aliphatic rings. The Bertz CT molecular complexity index is 1340. The zero-order valence-corrected chi connectivity index (χ0v) is 21.0. The van der Waals surface area contributed by atoms with Gasteiger partial charge in [0, 0.05) is 43.1 Å². The van der Waals surface area contributed by atoms with Gasteiger partial charge < -0.3 is 20.3 Å². The number of carbonyl (C=O) groups excluding carboxylic acids is 2. The van der Waals surface area contributed by atoms with Gasteiger partial charge in [-0.25, -0.2) is 9.97 Å². The normalized spacial score (nSPS) is 18.4. The first-order valence-corrected chi connectivity index (χ1v) is 12.9. The maximum Gasteiger partial charge on any atom is 0.254 e. The minimum Gasteiger partial charge on any atom is -0.381 e. The third-order valence-corrected chi connectivity index (χ3v) is 7.46.